The molecule has 0 bridgehead atoms. The van der Waals surface area contributed by atoms with Crippen LogP contribution in [0.5, 0.6) is 0 Å². The summed E-state index contributed by atoms with van der Waals surface area (Å²) in [4.78, 5) is 25.0. The molecule has 0 aromatic heterocycles. The molecular weight excluding hydrogens is 258 g/mol. The number of piperidine rings is 1. The molecule has 0 aromatic rings. The van der Waals surface area contributed by atoms with Crippen molar-refractivity contribution in [3.8, 4) is 0 Å². The van der Waals surface area contributed by atoms with E-state index in [9.17, 15) is 9.59 Å². The van der Waals surface area contributed by atoms with Crippen LogP contribution in [-0.2, 0) is 9.59 Å². The minimum atomic E-state index is -0.709. The van der Waals surface area contributed by atoms with Gasteiger partial charge in [-0.1, -0.05) is 0 Å². The van der Waals surface area contributed by atoms with Gasteiger partial charge in [0.2, 0.25) is 5.91 Å². The van der Waals surface area contributed by atoms with Crippen molar-refractivity contribution in [1.29, 1.82) is 0 Å². The quantitative estimate of drug-likeness (QED) is 0.683. The Balaban J connectivity index is 1.66. The molecule has 0 unspecified atom stereocenters. The lowest BCUT2D eigenvalue weighted by Gasteiger charge is -2.31. The number of nitrogens with zero attached hydrogens (tertiary/aromatic N) is 1. The summed E-state index contributed by atoms with van der Waals surface area (Å²) in [6.45, 7) is 2.21. The second-order valence-electron chi connectivity index (χ2n) is 6.07. The van der Waals surface area contributed by atoms with E-state index in [1.54, 1.807) is 0 Å². The second kappa shape index (κ2) is 7.04. The second-order valence-corrected chi connectivity index (χ2v) is 6.07. The first-order valence-electron chi connectivity index (χ1n) is 7.54. The van der Waals surface area contributed by atoms with Gasteiger partial charge >= 0.3 is 5.97 Å². The van der Waals surface area contributed by atoms with E-state index in [0.717, 1.165) is 38.8 Å². The number of carbonyl (C=O) groups is 2. The number of carboxylic acid groups (broad SMARTS) is 1. The number of rotatable bonds is 4. The van der Waals surface area contributed by atoms with Crippen molar-refractivity contribution in [1.82, 2.24) is 10.2 Å². The van der Waals surface area contributed by atoms with E-state index in [0.29, 0.717) is 19.4 Å². The molecule has 114 valence electrons. The maximum atomic E-state index is 12.0. The highest BCUT2D eigenvalue weighted by Gasteiger charge is 2.27. The normalized spacial score (nSPS) is 29.1. The van der Waals surface area contributed by atoms with Gasteiger partial charge in [-0.25, -0.2) is 0 Å². The van der Waals surface area contributed by atoms with Gasteiger partial charge in [-0.05, 0) is 38.5 Å². The van der Waals surface area contributed by atoms with Crippen molar-refractivity contribution in [3.05, 3.63) is 0 Å². The van der Waals surface area contributed by atoms with Gasteiger partial charge in [0.25, 0.3) is 0 Å². The number of likely N-dealkylation sites (tertiary alicyclic amines) is 1. The van der Waals surface area contributed by atoms with Crippen molar-refractivity contribution in [2.45, 2.75) is 50.6 Å². The largest absolute Gasteiger partial charge is 0.481 e. The third-order valence-corrected chi connectivity index (χ3v) is 4.44. The average molecular weight is 283 g/mol. The van der Waals surface area contributed by atoms with E-state index in [4.69, 9.17) is 10.8 Å². The van der Waals surface area contributed by atoms with Gasteiger partial charge in [0.05, 0.1) is 12.5 Å². The van der Waals surface area contributed by atoms with Crippen molar-refractivity contribution >= 4 is 11.9 Å². The lowest BCUT2D eigenvalue weighted by atomic mass is 9.86. The number of carboxylic acids is 1. The molecule has 2 aliphatic rings. The average Bonchev–Trinajstić information content (AvgIpc) is 2.42. The smallest absolute Gasteiger partial charge is 0.306 e. The molecule has 1 aliphatic heterocycles. The lowest BCUT2D eigenvalue weighted by molar-refractivity contribution is -0.142. The zero-order chi connectivity index (χ0) is 14.5. The van der Waals surface area contributed by atoms with Gasteiger partial charge < -0.3 is 16.2 Å². The van der Waals surface area contributed by atoms with Crippen LogP contribution in [0.3, 0.4) is 0 Å². The van der Waals surface area contributed by atoms with Crippen LogP contribution in [0.1, 0.15) is 38.5 Å². The molecule has 20 heavy (non-hydrogen) atoms. The van der Waals surface area contributed by atoms with E-state index in [2.05, 4.69) is 10.2 Å². The topological polar surface area (TPSA) is 95.7 Å². The molecule has 0 spiro atoms. The van der Waals surface area contributed by atoms with E-state index in [1.165, 1.54) is 0 Å². The summed E-state index contributed by atoms with van der Waals surface area (Å²) in [6.07, 6.45) is 4.78. The zero-order valence-electron chi connectivity index (χ0n) is 11.9. The summed E-state index contributed by atoms with van der Waals surface area (Å²) in [5.74, 6) is -0.884. The fraction of sp³-hybridized carbons (Fsp3) is 0.857. The molecule has 1 saturated carbocycles. The van der Waals surface area contributed by atoms with Crippen molar-refractivity contribution in [2.24, 2.45) is 11.7 Å². The summed E-state index contributed by atoms with van der Waals surface area (Å²) in [7, 11) is 0. The molecule has 2 rings (SSSR count). The minimum Gasteiger partial charge on any atom is -0.481 e. The third-order valence-electron chi connectivity index (χ3n) is 4.44. The standard InChI is InChI=1S/C14H25N3O3/c15-11-5-7-17(8-6-11)9-13(18)16-12-3-1-10(2-4-12)14(19)20/h10-12H,1-9,15H2,(H,16,18)(H,19,20). The van der Waals surface area contributed by atoms with Crippen LogP contribution in [0.2, 0.25) is 0 Å². The van der Waals surface area contributed by atoms with Crippen LogP contribution < -0.4 is 11.1 Å². The molecule has 0 aromatic carbocycles. The molecule has 4 N–H and O–H groups in total. The lowest BCUT2D eigenvalue weighted by Crippen LogP contribution is -2.47. The number of nitrogens with one attached hydrogen (secondary N) is 1. The number of carbonyl (C=O) groups excluding carboxylic acids is 1. The Kier molecular flexibility index (Phi) is 5.37. The Morgan fingerprint density at radius 3 is 2.25 bits per heavy atom. The first-order valence-corrected chi connectivity index (χ1v) is 7.54. The first kappa shape index (κ1) is 15.3. The van der Waals surface area contributed by atoms with Crippen LogP contribution in [-0.4, -0.2) is 53.6 Å². The highest BCUT2D eigenvalue weighted by Crippen LogP contribution is 2.24. The van der Waals surface area contributed by atoms with Crippen molar-refractivity contribution in [2.75, 3.05) is 19.6 Å². The Morgan fingerprint density at radius 2 is 1.70 bits per heavy atom. The first-order chi connectivity index (χ1) is 9.54. The summed E-state index contributed by atoms with van der Waals surface area (Å²) >= 11 is 0. The summed E-state index contributed by atoms with van der Waals surface area (Å²) < 4.78 is 0. The number of hydrogen-bond acceptors (Lipinski definition) is 4. The van der Waals surface area contributed by atoms with E-state index in [-0.39, 0.29) is 23.9 Å². The Morgan fingerprint density at radius 1 is 1.10 bits per heavy atom. The predicted octanol–water partition coefficient (Wildman–Crippen LogP) is 0.169. The van der Waals surface area contributed by atoms with E-state index < -0.39 is 5.97 Å². The molecule has 1 heterocycles. The molecule has 0 atom stereocenters. The molecule has 6 nitrogen and oxygen atoms in total. The zero-order valence-corrected chi connectivity index (χ0v) is 11.9. The van der Waals surface area contributed by atoms with Crippen molar-refractivity contribution in [3.63, 3.8) is 0 Å². The van der Waals surface area contributed by atoms with Gasteiger partial charge in [0, 0.05) is 25.2 Å². The van der Waals surface area contributed by atoms with Crippen LogP contribution in [0.25, 0.3) is 0 Å². The molecule has 1 saturated heterocycles. The maximum absolute atomic E-state index is 12.0. The fourth-order valence-corrected chi connectivity index (χ4v) is 3.07. The van der Waals surface area contributed by atoms with Gasteiger partial charge in [-0.15, -0.1) is 0 Å². The summed E-state index contributed by atoms with van der Waals surface area (Å²) in [5.41, 5.74) is 5.84. The summed E-state index contributed by atoms with van der Waals surface area (Å²) in [6, 6.07) is 0.422. The maximum Gasteiger partial charge on any atom is 0.306 e. The molecule has 0 radical (unpaired) electrons. The Bertz CT molecular complexity index is 346. The van der Waals surface area contributed by atoms with Crippen LogP contribution >= 0.6 is 0 Å². The molecule has 2 fully saturated rings. The highest BCUT2D eigenvalue weighted by atomic mass is 16.4. The molecule has 1 aliphatic carbocycles. The minimum absolute atomic E-state index is 0.0549. The Hall–Kier alpha value is -1.14. The molecule has 1 amide bonds. The van der Waals surface area contributed by atoms with Crippen LogP contribution in [0.4, 0.5) is 0 Å². The number of nitrogens with two attached hydrogens (primary N) is 1. The van der Waals surface area contributed by atoms with Crippen molar-refractivity contribution < 1.29 is 14.7 Å². The number of hydrogen-bond donors (Lipinski definition) is 3. The van der Waals surface area contributed by atoms with E-state index in [1.807, 2.05) is 0 Å². The summed E-state index contributed by atoms with van der Waals surface area (Å²) in [5, 5.41) is 12.0. The fourth-order valence-electron chi connectivity index (χ4n) is 3.07. The van der Waals surface area contributed by atoms with Crippen LogP contribution in [0, 0.1) is 5.92 Å². The predicted molar refractivity (Wildman–Crippen MR) is 75.2 cm³/mol. The van der Waals surface area contributed by atoms with Crippen LogP contribution in [0.15, 0.2) is 0 Å². The van der Waals surface area contributed by atoms with E-state index >= 15 is 0 Å². The SMILES string of the molecule is NC1CCN(CC(=O)NC2CCC(C(=O)O)CC2)CC1. The Labute approximate surface area is 119 Å². The van der Waals surface area contributed by atoms with Gasteiger partial charge in [-0.3, -0.25) is 14.5 Å². The van der Waals surface area contributed by atoms with Gasteiger partial charge in [-0.2, -0.15) is 0 Å². The monoisotopic (exact) mass is 283 g/mol. The molecular formula is C14H25N3O3. The third kappa shape index (κ3) is 4.45. The van der Waals surface area contributed by atoms with Gasteiger partial charge in [0.15, 0.2) is 0 Å². The number of aliphatic carboxylic acids is 1. The van der Waals surface area contributed by atoms with Gasteiger partial charge in [0.1, 0.15) is 0 Å². The highest BCUT2D eigenvalue weighted by molar-refractivity contribution is 5.78. The number of amides is 1. The molecule has 6 heteroatoms.